The topological polar surface area (TPSA) is 75.3 Å². The van der Waals surface area contributed by atoms with Gasteiger partial charge in [-0.2, -0.15) is 0 Å². The molecule has 1 aliphatic rings. The van der Waals surface area contributed by atoms with Gasteiger partial charge in [-0.15, -0.1) is 0 Å². The number of H-pyrrole nitrogens is 1. The number of benzene rings is 1. The van der Waals surface area contributed by atoms with Crippen molar-refractivity contribution < 1.29 is 9.53 Å². The molecule has 0 spiro atoms. The van der Waals surface area contributed by atoms with Gasteiger partial charge in [-0.3, -0.25) is 9.59 Å². The smallest absolute Gasteiger partial charge is 0.254 e. The maximum Gasteiger partial charge on any atom is 0.254 e. The highest BCUT2D eigenvalue weighted by molar-refractivity contribution is 5.80. The van der Waals surface area contributed by atoms with Crippen LogP contribution in [0.15, 0.2) is 29.1 Å². The molecule has 1 saturated heterocycles. The van der Waals surface area contributed by atoms with Crippen molar-refractivity contribution >= 4 is 5.91 Å². The van der Waals surface area contributed by atoms with Gasteiger partial charge in [0.2, 0.25) is 5.91 Å². The zero-order valence-electron chi connectivity index (χ0n) is 14.8. The van der Waals surface area contributed by atoms with Crippen LogP contribution in [0.3, 0.4) is 0 Å². The molecule has 1 aliphatic heterocycles. The standard InChI is InChI=1S/C19H23N3O3/c1-12-13(2)20-18(21-19(12)24)15-8-6-10-22(15)17(23)11-14-7-4-5-9-16(14)25-3/h4-5,7,9,15H,6,8,10-11H2,1-3H3,(H,20,21,24)/t15-/m0/s1. The highest BCUT2D eigenvalue weighted by atomic mass is 16.5. The van der Waals surface area contributed by atoms with Gasteiger partial charge in [0.25, 0.3) is 5.56 Å². The summed E-state index contributed by atoms with van der Waals surface area (Å²) in [5, 5.41) is 0. The summed E-state index contributed by atoms with van der Waals surface area (Å²) >= 11 is 0. The Hall–Kier alpha value is -2.63. The lowest BCUT2D eigenvalue weighted by molar-refractivity contribution is -0.131. The number of methoxy groups -OCH3 is 1. The fourth-order valence-corrected chi connectivity index (χ4v) is 3.29. The molecular weight excluding hydrogens is 318 g/mol. The van der Waals surface area contributed by atoms with Crippen LogP contribution in [0.5, 0.6) is 5.75 Å². The fraction of sp³-hybridized carbons (Fsp3) is 0.421. The number of carbonyl (C=O) groups is 1. The number of rotatable bonds is 4. The van der Waals surface area contributed by atoms with Gasteiger partial charge < -0.3 is 14.6 Å². The molecule has 1 aromatic carbocycles. The predicted octanol–water partition coefficient (Wildman–Crippen LogP) is 2.30. The number of ether oxygens (including phenoxy) is 1. The second-order valence-electron chi connectivity index (χ2n) is 6.40. The normalized spacial score (nSPS) is 16.9. The number of nitrogens with zero attached hydrogens (tertiary/aromatic N) is 2. The van der Waals surface area contributed by atoms with Gasteiger partial charge >= 0.3 is 0 Å². The lowest BCUT2D eigenvalue weighted by atomic mass is 10.1. The van der Waals surface area contributed by atoms with Gasteiger partial charge in [0.15, 0.2) is 0 Å². The van der Waals surface area contributed by atoms with E-state index in [2.05, 4.69) is 9.97 Å². The first kappa shape index (κ1) is 17.2. The number of hydrogen-bond donors (Lipinski definition) is 1. The Bertz CT molecular complexity index is 844. The van der Waals surface area contributed by atoms with Crippen molar-refractivity contribution in [2.75, 3.05) is 13.7 Å². The molecule has 0 bridgehead atoms. The van der Waals surface area contributed by atoms with Crippen LogP contribution < -0.4 is 10.3 Å². The molecule has 0 aliphatic carbocycles. The highest BCUT2D eigenvalue weighted by Gasteiger charge is 2.32. The van der Waals surface area contributed by atoms with E-state index in [1.807, 2.05) is 36.1 Å². The first-order valence-corrected chi connectivity index (χ1v) is 8.50. The number of aromatic nitrogens is 2. The zero-order valence-corrected chi connectivity index (χ0v) is 14.8. The van der Waals surface area contributed by atoms with Crippen molar-refractivity contribution in [3.8, 4) is 5.75 Å². The van der Waals surface area contributed by atoms with Crippen molar-refractivity contribution in [3.63, 3.8) is 0 Å². The maximum absolute atomic E-state index is 12.9. The third-order valence-corrected chi connectivity index (χ3v) is 4.84. The average molecular weight is 341 g/mol. The highest BCUT2D eigenvalue weighted by Crippen LogP contribution is 2.31. The van der Waals surface area contributed by atoms with Crippen LogP contribution in [-0.4, -0.2) is 34.4 Å². The van der Waals surface area contributed by atoms with E-state index in [0.717, 1.165) is 18.4 Å². The van der Waals surface area contributed by atoms with E-state index in [4.69, 9.17) is 4.74 Å². The van der Waals surface area contributed by atoms with Gasteiger partial charge in [0, 0.05) is 23.4 Å². The number of aryl methyl sites for hydroxylation is 1. The summed E-state index contributed by atoms with van der Waals surface area (Å²) in [6.45, 7) is 4.25. The molecule has 1 atom stereocenters. The second kappa shape index (κ2) is 7.09. The fourth-order valence-electron chi connectivity index (χ4n) is 3.29. The Balaban J connectivity index is 1.84. The van der Waals surface area contributed by atoms with Crippen LogP contribution in [0.1, 0.15) is 41.5 Å². The molecule has 0 unspecified atom stereocenters. The van der Waals surface area contributed by atoms with E-state index in [0.29, 0.717) is 29.4 Å². The van der Waals surface area contributed by atoms with Crippen molar-refractivity contribution in [2.45, 2.75) is 39.2 Å². The first-order chi connectivity index (χ1) is 12.0. The van der Waals surface area contributed by atoms with Gasteiger partial charge in [-0.25, -0.2) is 4.98 Å². The number of para-hydroxylation sites is 1. The number of likely N-dealkylation sites (tertiary alicyclic amines) is 1. The predicted molar refractivity (Wildman–Crippen MR) is 94.7 cm³/mol. The van der Waals surface area contributed by atoms with Crippen LogP contribution in [-0.2, 0) is 11.2 Å². The molecule has 3 rings (SSSR count). The summed E-state index contributed by atoms with van der Waals surface area (Å²) in [7, 11) is 1.60. The van der Waals surface area contributed by atoms with Gasteiger partial charge in [0.05, 0.1) is 19.6 Å². The molecule has 1 aromatic heterocycles. The molecule has 1 N–H and O–H groups in total. The number of carbonyl (C=O) groups excluding carboxylic acids is 1. The van der Waals surface area contributed by atoms with Gasteiger partial charge in [0.1, 0.15) is 11.6 Å². The molecule has 132 valence electrons. The van der Waals surface area contributed by atoms with E-state index in [9.17, 15) is 9.59 Å². The summed E-state index contributed by atoms with van der Waals surface area (Å²) in [5.74, 6) is 1.32. The zero-order chi connectivity index (χ0) is 18.0. The van der Waals surface area contributed by atoms with Crippen molar-refractivity contribution in [3.05, 3.63) is 57.3 Å². The van der Waals surface area contributed by atoms with E-state index >= 15 is 0 Å². The van der Waals surface area contributed by atoms with E-state index in [-0.39, 0.29) is 23.9 Å². The molecule has 6 heteroatoms. The quantitative estimate of drug-likeness (QED) is 0.926. The number of aromatic amines is 1. The van der Waals surface area contributed by atoms with E-state index in [1.54, 1.807) is 14.0 Å². The Kier molecular flexibility index (Phi) is 4.88. The Morgan fingerprint density at radius 2 is 2.12 bits per heavy atom. The van der Waals surface area contributed by atoms with Crippen molar-refractivity contribution in [1.82, 2.24) is 14.9 Å². The average Bonchev–Trinajstić information content (AvgIpc) is 3.09. The van der Waals surface area contributed by atoms with Crippen LogP contribution in [0.25, 0.3) is 0 Å². The Morgan fingerprint density at radius 1 is 1.36 bits per heavy atom. The number of amides is 1. The molecule has 0 radical (unpaired) electrons. The summed E-state index contributed by atoms with van der Waals surface area (Å²) in [6.07, 6.45) is 1.98. The lowest BCUT2D eigenvalue weighted by Crippen LogP contribution is -2.34. The minimum atomic E-state index is -0.172. The largest absolute Gasteiger partial charge is 0.496 e. The first-order valence-electron chi connectivity index (χ1n) is 8.50. The monoisotopic (exact) mass is 341 g/mol. The van der Waals surface area contributed by atoms with Gasteiger partial charge in [-0.1, -0.05) is 18.2 Å². The molecule has 1 amide bonds. The Labute approximate surface area is 146 Å². The Morgan fingerprint density at radius 3 is 2.84 bits per heavy atom. The lowest BCUT2D eigenvalue weighted by Gasteiger charge is -2.24. The van der Waals surface area contributed by atoms with Gasteiger partial charge in [-0.05, 0) is 32.8 Å². The molecule has 2 heterocycles. The van der Waals surface area contributed by atoms with Crippen molar-refractivity contribution in [1.29, 1.82) is 0 Å². The van der Waals surface area contributed by atoms with E-state index < -0.39 is 0 Å². The second-order valence-corrected chi connectivity index (χ2v) is 6.40. The van der Waals surface area contributed by atoms with Crippen LogP contribution in [0, 0.1) is 13.8 Å². The summed E-state index contributed by atoms with van der Waals surface area (Å²) in [5.41, 5.74) is 2.06. The molecule has 6 nitrogen and oxygen atoms in total. The third kappa shape index (κ3) is 3.43. The van der Waals surface area contributed by atoms with Crippen molar-refractivity contribution in [2.24, 2.45) is 0 Å². The molecule has 0 saturated carbocycles. The summed E-state index contributed by atoms with van der Waals surface area (Å²) in [6, 6.07) is 7.36. The van der Waals surface area contributed by atoms with Crippen LogP contribution in [0.4, 0.5) is 0 Å². The summed E-state index contributed by atoms with van der Waals surface area (Å²) in [4.78, 5) is 34.1. The van der Waals surface area contributed by atoms with Crippen LogP contribution in [0.2, 0.25) is 0 Å². The third-order valence-electron chi connectivity index (χ3n) is 4.84. The minimum Gasteiger partial charge on any atom is -0.496 e. The van der Waals surface area contributed by atoms with E-state index in [1.165, 1.54) is 0 Å². The molecule has 25 heavy (non-hydrogen) atoms. The molecular formula is C19H23N3O3. The van der Waals surface area contributed by atoms with Crippen LogP contribution >= 0.6 is 0 Å². The minimum absolute atomic E-state index is 0.0212. The number of nitrogens with one attached hydrogen (secondary N) is 1. The molecule has 1 fully saturated rings. The molecule has 2 aromatic rings. The maximum atomic E-state index is 12.9. The SMILES string of the molecule is COc1ccccc1CC(=O)N1CCC[C@H]1c1nc(C)c(C)c(=O)[nH]1. The summed E-state index contributed by atoms with van der Waals surface area (Å²) < 4.78 is 5.33. The number of hydrogen-bond acceptors (Lipinski definition) is 4.